The second-order valence-corrected chi connectivity index (χ2v) is 8.87. The van der Waals surface area contributed by atoms with Gasteiger partial charge in [0.2, 0.25) is 6.04 Å². The lowest BCUT2D eigenvalue weighted by molar-refractivity contribution is -0.505. The molecule has 1 aromatic carbocycles. The second kappa shape index (κ2) is 9.90. The zero-order valence-electron chi connectivity index (χ0n) is 17.7. The highest BCUT2D eigenvalue weighted by molar-refractivity contribution is 7.95. The first-order valence-electron chi connectivity index (χ1n) is 9.63. The molecule has 0 saturated heterocycles. The quantitative estimate of drug-likeness (QED) is 0.236. The maximum Gasteiger partial charge on any atom is 0.321 e. The maximum absolute atomic E-state index is 13.0. The van der Waals surface area contributed by atoms with Crippen LogP contribution in [0.25, 0.3) is 0 Å². The van der Waals surface area contributed by atoms with Crippen LogP contribution in [-0.2, 0) is 28.9 Å². The van der Waals surface area contributed by atoms with Crippen molar-refractivity contribution in [3.8, 4) is 5.75 Å². The van der Waals surface area contributed by atoms with Crippen LogP contribution in [0.4, 0.5) is 0 Å². The average molecular weight is 455 g/mol. The van der Waals surface area contributed by atoms with Gasteiger partial charge in [0.15, 0.2) is 15.8 Å². The van der Waals surface area contributed by atoms with E-state index >= 15 is 0 Å². The fourth-order valence-electron chi connectivity index (χ4n) is 3.63. The normalized spacial score (nSPS) is 18.5. The van der Waals surface area contributed by atoms with Gasteiger partial charge in [-0.2, -0.15) is 0 Å². The molecule has 31 heavy (non-hydrogen) atoms. The van der Waals surface area contributed by atoms with Gasteiger partial charge < -0.3 is 14.2 Å². The summed E-state index contributed by atoms with van der Waals surface area (Å²) in [5, 5.41) is 11.4. The number of carbonyl (C=O) groups excluding carboxylic acids is 2. The average Bonchev–Trinajstić information content (AvgIpc) is 2.95. The van der Waals surface area contributed by atoms with Gasteiger partial charge in [-0.3, -0.25) is 19.7 Å². The van der Waals surface area contributed by atoms with E-state index in [2.05, 4.69) is 0 Å². The largest absolute Gasteiger partial charge is 0.497 e. The van der Waals surface area contributed by atoms with E-state index in [1.54, 1.807) is 13.8 Å². The third-order valence-electron chi connectivity index (χ3n) is 5.03. The van der Waals surface area contributed by atoms with Gasteiger partial charge in [0.1, 0.15) is 11.5 Å². The molecular weight excluding hydrogens is 430 g/mol. The summed E-state index contributed by atoms with van der Waals surface area (Å²) in [5.74, 6) is -5.22. The number of methoxy groups -OCH3 is 1. The van der Waals surface area contributed by atoms with Crippen molar-refractivity contribution in [2.75, 3.05) is 26.1 Å². The molecule has 0 N–H and O–H groups in total. The Labute approximate surface area is 180 Å². The molecule has 2 unspecified atom stereocenters. The van der Waals surface area contributed by atoms with Crippen LogP contribution >= 0.6 is 0 Å². The van der Waals surface area contributed by atoms with Gasteiger partial charge in [-0.1, -0.05) is 12.1 Å². The monoisotopic (exact) mass is 455 g/mol. The first kappa shape index (κ1) is 24.3. The molecule has 1 aliphatic rings. The highest BCUT2D eigenvalue weighted by atomic mass is 32.2. The van der Waals surface area contributed by atoms with E-state index in [0.717, 1.165) is 0 Å². The number of sulfone groups is 1. The molecule has 0 spiro atoms. The van der Waals surface area contributed by atoms with Gasteiger partial charge in [0, 0.05) is 16.4 Å². The van der Waals surface area contributed by atoms with E-state index < -0.39 is 50.3 Å². The number of esters is 2. The Balaban J connectivity index is 2.79. The minimum Gasteiger partial charge on any atom is -0.497 e. The molecule has 0 aliphatic carbocycles. The zero-order chi connectivity index (χ0) is 23.3. The highest BCUT2D eigenvalue weighted by Crippen LogP contribution is 2.43. The maximum atomic E-state index is 13.0. The summed E-state index contributed by atoms with van der Waals surface area (Å²) < 4.78 is 41.2. The number of hydrogen-bond acceptors (Lipinski definition) is 9. The van der Waals surface area contributed by atoms with E-state index in [1.807, 2.05) is 0 Å². The van der Waals surface area contributed by atoms with Gasteiger partial charge in [-0.15, -0.1) is 0 Å². The van der Waals surface area contributed by atoms with Gasteiger partial charge >= 0.3 is 11.9 Å². The lowest BCUT2D eigenvalue weighted by Gasteiger charge is -2.26. The Morgan fingerprint density at radius 2 is 1.65 bits per heavy atom. The summed E-state index contributed by atoms with van der Waals surface area (Å²) in [6, 6.07) is 4.62. The molecule has 0 aromatic heterocycles. The van der Waals surface area contributed by atoms with Crippen LogP contribution < -0.4 is 4.74 Å². The standard InChI is InChI=1S/C20H25NO9S/c1-5-29-19(22)17(20(23)30-6-2)16(13-7-9-14(28-4)10-8-13)18-12(3)15(21(24)25)11-31(18,26)27/h7-10,15-17H,5-6,11H2,1-4H3. The van der Waals surface area contributed by atoms with Crippen molar-refractivity contribution in [3.63, 3.8) is 0 Å². The number of ether oxygens (including phenoxy) is 3. The van der Waals surface area contributed by atoms with Crippen LogP contribution in [0.2, 0.25) is 0 Å². The van der Waals surface area contributed by atoms with Crippen molar-refractivity contribution in [3.05, 3.63) is 50.4 Å². The number of hydrogen-bond donors (Lipinski definition) is 0. The zero-order valence-corrected chi connectivity index (χ0v) is 18.5. The molecule has 1 aliphatic heterocycles. The minimum atomic E-state index is -4.14. The predicted octanol–water partition coefficient (Wildman–Crippen LogP) is 1.87. The number of rotatable bonds is 9. The van der Waals surface area contributed by atoms with E-state index in [-0.39, 0.29) is 29.3 Å². The lowest BCUT2D eigenvalue weighted by atomic mass is 9.83. The van der Waals surface area contributed by atoms with E-state index in [1.165, 1.54) is 38.3 Å². The van der Waals surface area contributed by atoms with E-state index in [4.69, 9.17) is 14.2 Å². The molecular formula is C20H25NO9S. The van der Waals surface area contributed by atoms with Crippen molar-refractivity contribution in [1.82, 2.24) is 0 Å². The molecule has 0 bridgehead atoms. The molecule has 0 radical (unpaired) electrons. The van der Waals surface area contributed by atoms with Gasteiger partial charge in [-0.05, 0) is 38.5 Å². The third kappa shape index (κ3) is 5.04. The van der Waals surface area contributed by atoms with Crippen molar-refractivity contribution in [2.24, 2.45) is 5.92 Å². The summed E-state index contributed by atoms with van der Waals surface area (Å²) in [6.07, 6.45) is 0. The Hall–Kier alpha value is -2.95. The molecule has 10 nitrogen and oxygen atoms in total. The molecule has 1 heterocycles. The number of benzene rings is 1. The van der Waals surface area contributed by atoms with Crippen molar-refractivity contribution >= 4 is 21.8 Å². The number of nitrogens with zero attached hydrogens (tertiary/aromatic N) is 1. The third-order valence-corrected chi connectivity index (χ3v) is 7.03. The van der Waals surface area contributed by atoms with Gasteiger partial charge in [0.25, 0.3) is 0 Å². The van der Waals surface area contributed by atoms with Crippen LogP contribution in [0.1, 0.15) is 32.3 Å². The first-order chi connectivity index (χ1) is 14.6. The Morgan fingerprint density at radius 1 is 1.13 bits per heavy atom. The van der Waals surface area contributed by atoms with Crippen molar-refractivity contribution in [2.45, 2.75) is 32.7 Å². The van der Waals surface area contributed by atoms with Crippen LogP contribution in [0.5, 0.6) is 5.75 Å². The molecule has 11 heteroatoms. The van der Waals surface area contributed by atoms with Crippen LogP contribution in [-0.4, -0.2) is 57.4 Å². The SMILES string of the molecule is CCOC(=O)C(C(=O)OCC)C(C1=C(C)C([N+](=O)[O-])CS1(=O)=O)c1ccc(OC)cc1. The topological polar surface area (TPSA) is 139 Å². The fourth-order valence-corrected chi connectivity index (χ4v) is 5.88. The molecule has 0 saturated carbocycles. The van der Waals surface area contributed by atoms with E-state index in [9.17, 15) is 28.1 Å². The molecule has 2 atom stereocenters. The van der Waals surface area contributed by atoms with Crippen LogP contribution in [0.3, 0.4) is 0 Å². The van der Waals surface area contributed by atoms with Crippen LogP contribution in [0, 0.1) is 16.0 Å². The summed E-state index contributed by atoms with van der Waals surface area (Å²) >= 11 is 0. The smallest absolute Gasteiger partial charge is 0.321 e. The Morgan fingerprint density at radius 3 is 2.03 bits per heavy atom. The molecule has 170 valence electrons. The summed E-state index contributed by atoms with van der Waals surface area (Å²) in [5.41, 5.74) is 0.262. The van der Waals surface area contributed by atoms with Gasteiger partial charge in [-0.25, -0.2) is 8.42 Å². The highest BCUT2D eigenvalue weighted by Gasteiger charge is 2.51. The molecule has 0 amide bonds. The Bertz CT molecular complexity index is 964. The molecule has 1 aromatic rings. The minimum absolute atomic E-state index is 0.0237. The predicted molar refractivity (Wildman–Crippen MR) is 110 cm³/mol. The molecule has 0 fully saturated rings. The summed E-state index contributed by atoms with van der Waals surface area (Å²) in [7, 11) is -2.70. The number of nitro groups is 1. The number of carbonyl (C=O) groups is 2. The van der Waals surface area contributed by atoms with Crippen LogP contribution in [0.15, 0.2) is 34.7 Å². The number of allylic oxidation sites excluding steroid dienone is 1. The van der Waals surface area contributed by atoms with Crippen molar-refractivity contribution < 1.29 is 37.1 Å². The second-order valence-electron chi connectivity index (χ2n) is 6.86. The van der Waals surface area contributed by atoms with E-state index in [0.29, 0.717) is 5.75 Å². The summed E-state index contributed by atoms with van der Waals surface area (Å²) in [4.78, 5) is 36.0. The molecule has 2 rings (SSSR count). The Kier molecular flexibility index (Phi) is 7.77. The summed E-state index contributed by atoms with van der Waals surface area (Å²) in [6.45, 7) is 4.32. The fraction of sp³-hybridized carbons (Fsp3) is 0.500. The lowest BCUT2D eigenvalue weighted by Crippen LogP contribution is -2.35. The van der Waals surface area contributed by atoms with Crippen molar-refractivity contribution in [1.29, 1.82) is 0 Å². The van der Waals surface area contributed by atoms with Gasteiger partial charge in [0.05, 0.1) is 25.2 Å². The first-order valence-corrected chi connectivity index (χ1v) is 11.3.